The molecule has 1 rings (SSSR count). The summed E-state index contributed by atoms with van der Waals surface area (Å²) in [7, 11) is 0. The van der Waals surface area contributed by atoms with Gasteiger partial charge < -0.3 is 11.1 Å². The van der Waals surface area contributed by atoms with Crippen LogP contribution in [0.3, 0.4) is 0 Å². The Kier molecular flexibility index (Phi) is 3.38. The van der Waals surface area contributed by atoms with Crippen LogP contribution in [0.2, 0.25) is 0 Å². The second kappa shape index (κ2) is 4.54. The van der Waals surface area contributed by atoms with E-state index >= 15 is 0 Å². The summed E-state index contributed by atoms with van der Waals surface area (Å²) >= 11 is 0. The maximum Gasteiger partial charge on any atom is 0.251 e. The molecular formula is C10H11FN2O2. The Morgan fingerprint density at radius 3 is 2.67 bits per heavy atom. The van der Waals surface area contributed by atoms with Crippen molar-refractivity contribution in [3.63, 3.8) is 0 Å². The van der Waals surface area contributed by atoms with Gasteiger partial charge >= 0.3 is 0 Å². The summed E-state index contributed by atoms with van der Waals surface area (Å²) in [6, 6.07) is 3.96. The first-order valence-electron chi connectivity index (χ1n) is 4.33. The molecule has 0 aromatic heterocycles. The normalized spacial score (nSPS) is 9.73. The molecule has 0 bridgehead atoms. The minimum Gasteiger partial charge on any atom is -0.368 e. The van der Waals surface area contributed by atoms with Crippen molar-refractivity contribution >= 4 is 11.8 Å². The molecule has 0 radical (unpaired) electrons. The van der Waals surface area contributed by atoms with E-state index in [1.807, 2.05) is 0 Å². The van der Waals surface area contributed by atoms with Gasteiger partial charge in [-0.25, -0.2) is 4.39 Å². The van der Waals surface area contributed by atoms with Crippen LogP contribution in [0.15, 0.2) is 18.2 Å². The lowest BCUT2D eigenvalue weighted by molar-refractivity contribution is -0.117. The molecule has 80 valence electrons. The summed E-state index contributed by atoms with van der Waals surface area (Å²) in [4.78, 5) is 21.8. The maximum absolute atomic E-state index is 12.9. The van der Waals surface area contributed by atoms with Gasteiger partial charge in [0.05, 0.1) is 6.54 Å². The number of primary amides is 1. The van der Waals surface area contributed by atoms with Gasteiger partial charge in [-0.05, 0) is 30.7 Å². The molecular weight excluding hydrogens is 199 g/mol. The van der Waals surface area contributed by atoms with Crippen molar-refractivity contribution in [1.29, 1.82) is 0 Å². The zero-order chi connectivity index (χ0) is 11.4. The van der Waals surface area contributed by atoms with Crippen molar-refractivity contribution in [3.05, 3.63) is 35.1 Å². The fourth-order valence-corrected chi connectivity index (χ4v) is 1.06. The summed E-state index contributed by atoms with van der Waals surface area (Å²) in [5, 5.41) is 2.31. The SMILES string of the molecule is Cc1cc(C(=O)NCC(N)=O)ccc1F. The van der Waals surface area contributed by atoms with Crippen LogP contribution in [0, 0.1) is 12.7 Å². The fourth-order valence-electron chi connectivity index (χ4n) is 1.06. The number of amides is 2. The minimum absolute atomic E-state index is 0.227. The molecule has 3 N–H and O–H groups in total. The van der Waals surface area contributed by atoms with Crippen LogP contribution in [-0.4, -0.2) is 18.4 Å². The van der Waals surface area contributed by atoms with Crippen LogP contribution in [0.25, 0.3) is 0 Å². The molecule has 0 unspecified atom stereocenters. The highest BCUT2D eigenvalue weighted by atomic mass is 19.1. The van der Waals surface area contributed by atoms with Crippen molar-refractivity contribution in [2.75, 3.05) is 6.54 Å². The maximum atomic E-state index is 12.9. The number of hydrogen-bond donors (Lipinski definition) is 2. The fraction of sp³-hybridized carbons (Fsp3) is 0.200. The van der Waals surface area contributed by atoms with Gasteiger partial charge in [0.15, 0.2) is 0 Å². The number of nitrogens with two attached hydrogens (primary N) is 1. The summed E-state index contributed by atoms with van der Waals surface area (Å²) < 4.78 is 12.9. The van der Waals surface area contributed by atoms with E-state index in [-0.39, 0.29) is 12.4 Å². The van der Waals surface area contributed by atoms with Crippen molar-refractivity contribution in [1.82, 2.24) is 5.32 Å². The number of hydrogen-bond acceptors (Lipinski definition) is 2. The molecule has 0 saturated carbocycles. The van der Waals surface area contributed by atoms with E-state index in [4.69, 9.17) is 5.73 Å². The van der Waals surface area contributed by atoms with Gasteiger partial charge in [-0.2, -0.15) is 0 Å². The van der Waals surface area contributed by atoms with Crippen LogP contribution in [0.1, 0.15) is 15.9 Å². The van der Waals surface area contributed by atoms with Crippen LogP contribution < -0.4 is 11.1 Å². The Labute approximate surface area is 86.3 Å². The number of aryl methyl sites for hydroxylation is 1. The number of carbonyl (C=O) groups is 2. The molecule has 0 fully saturated rings. The summed E-state index contributed by atoms with van der Waals surface area (Å²) in [5.74, 6) is -1.44. The molecule has 0 saturated heterocycles. The first-order chi connectivity index (χ1) is 7.00. The molecule has 0 aliphatic carbocycles. The van der Waals surface area contributed by atoms with Crippen LogP contribution in [0.4, 0.5) is 4.39 Å². The van der Waals surface area contributed by atoms with Gasteiger partial charge in [-0.3, -0.25) is 9.59 Å². The predicted molar refractivity (Wildman–Crippen MR) is 52.7 cm³/mol. The van der Waals surface area contributed by atoms with Crippen LogP contribution in [0.5, 0.6) is 0 Å². The molecule has 0 heterocycles. The molecule has 0 atom stereocenters. The Bertz CT molecular complexity index is 404. The van der Waals surface area contributed by atoms with Crippen molar-refractivity contribution in [2.45, 2.75) is 6.92 Å². The average Bonchev–Trinajstić information content (AvgIpc) is 2.18. The molecule has 0 spiro atoms. The molecule has 15 heavy (non-hydrogen) atoms. The first kappa shape index (κ1) is 11.2. The van der Waals surface area contributed by atoms with Crippen LogP contribution >= 0.6 is 0 Å². The second-order valence-electron chi connectivity index (χ2n) is 3.11. The number of nitrogens with one attached hydrogen (secondary N) is 1. The molecule has 5 heteroatoms. The summed E-state index contributed by atoms with van der Waals surface area (Å²) in [6.07, 6.45) is 0. The zero-order valence-corrected chi connectivity index (χ0v) is 8.21. The van der Waals surface area contributed by atoms with E-state index in [1.165, 1.54) is 18.2 Å². The summed E-state index contributed by atoms with van der Waals surface area (Å²) in [6.45, 7) is 1.33. The molecule has 0 aliphatic heterocycles. The van der Waals surface area contributed by atoms with Crippen LogP contribution in [-0.2, 0) is 4.79 Å². The lowest BCUT2D eigenvalue weighted by Crippen LogP contribution is -2.33. The van der Waals surface area contributed by atoms with E-state index in [0.29, 0.717) is 11.1 Å². The molecule has 2 amide bonds. The topological polar surface area (TPSA) is 72.2 Å². The standard InChI is InChI=1S/C10H11FN2O2/c1-6-4-7(2-3-8(6)11)10(15)13-5-9(12)14/h2-4H,5H2,1H3,(H2,12,14)(H,13,15). The third kappa shape index (κ3) is 3.05. The largest absolute Gasteiger partial charge is 0.368 e. The lowest BCUT2D eigenvalue weighted by atomic mass is 10.1. The Hall–Kier alpha value is -1.91. The van der Waals surface area contributed by atoms with E-state index in [1.54, 1.807) is 6.92 Å². The van der Waals surface area contributed by atoms with Crippen molar-refractivity contribution in [3.8, 4) is 0 Å². The highest BCUT2D eigenvalue weighted by Gasteiger charge is 2.07. The second-order valence-corrected chi connectivity index (χ2v) is 3.11. The molecule has 4 nitrogen and oxygen atoms in total. The molecule has 0 aliphatic rings. The number of carbonyl (C=O) groups excluding carboxylic acids is 2. The first-order valence-corrected chi connectivity index (χ1v) is 4.33. The highest BCUT2D eigenvalue weighted by Crippen LogP contribution is 2.08. The number of halogens is 1. The third-order valence-electron chi connectivity index (χ3n) is 1.84. The Morgan fingerprint density at radius 2 is 2.13 bits per heavy atom. The third-order valence-corrected chi connectivity index (χ3v) is 1.84. The molecule has 1 aromatic rings. The van der Waals surface area contributed by atoms with Gasteiger partial charge in [0.2, 0.25) is 5.91 Å². The van der Waals surface area contributed by atoms with E-state index in [0.717, 1.165) is 0 Å². The van der Waals surface area contributed by atoms with Gasteiger partial charge in [-0.1, -0.05) is 0 Å². The quantitative estimate of drug-likeness (QED) is 0.755. The zero-order valence-electron chi connectivity index (χ0n) is 8.21. The van der Waals surface area contributed by atoms with E-state index in [9.17, 15) is 14.0 Å². The summed E-state index contributed by atoms with van der Waals surface area (Å²) in [5.41, 5.74) is 5.54. The highest BCUT2D eigenvalue weighted by molar-refractivity contribution is 5.96. The monoisotopic (exact) mass is 210 g/mol. The van der Waals surface area contributed by atoms with Gasteiger partial charge in [0.25, 0.3) is 5.91 Å². The van der Waals surface area contributed by atoms with Gasteiger partial charge in [-0.15, -0.1) is 0 Å². The predicted octanol–water partition coefficient (Wildman–Crippen LogP) is 0.349. The smallest absolute Gasteiger partial charge is 0.251 e. The van der Waals surface area contributed by atoms with E-state index < -0.39 is 11.8 Å². The van der Waals surface area contributed by atoms with Gasteiger partial charge in [0, 0.05) is 5.56 Å². The van der Waals surface area contributed by atoms with Crippen molar-refractivity contribution in [2.24, 2.45) is 5.73 Å². The number of rotatable bonds is 3. The lowest BCUT2D eigenvalue weighted by Gasteiger charge is -2.04. The average molecular weight is 210 g/mol. The Morgan fingerprint density at radius 1 is 1.47 bits per heavy atom. The van der Waals surface area contributed by atoms with Crippen molar-refractivity contribution < 1.29 is 14.0 Å². The minimum atomic E-state index is -0.623. The Balaban J connectivity index is 2.74. The van der Waals surface area contributed by atoms with Gasteiger partial charge in [0.1, 0.15) is 5.82 Å². The van der Waals surface area contributed by atoms with E-state index in [2.05, 4.69) is 5.32 Å². The number of benzene rings is 1. The molecule has 1 aromatic carbocycles.